The SMILES string of the molecule is CCN(Cc1ccccc1)C(=O)N1[C@H]2CC[C@@H]1[C@@H](C(=O)O)N(C(=O)N(c1ccccc1)c1ccccc1)C2. The molecule has 0 aliphatic carbocycles. The van der Waals surface area contributed by atoms with E-state index in [0.717, 1.165) is 5.56 Å². The van der Waals surface area contributed by atoms with Crippen molar-refractivity contribution in [2.24, 2.45) is 0 Å². The Labute approximate surface area is 222 Å². The molecule has 38 heavy (non-hydrogen) atoms. The van der Waals surface area contributed by atoms with Crippen molar-refractivity contribution in [1.29, 1.82) is 0 Å². The molecular weight excluding hydrogens is 480 g/mol. The molecule has 3 aromatic carbocycles. The van der Waals surface area contributed by atoms with Crippen molar-refractivity contribution >= 4 is 29.4 Å². The minimum absolute atomic E-state index is 0.164. The highest BCUT2D eigenvalue weighted by atomic mass is 16.4. The molecule has 2 fully saturated rings. The predicted molar refractivity (Wildman–Crippen MR) is 145 cm³/mol. The van der Waals surface area contributed by atoms with Crippen LogP contribution in [-0.2, 0) is 11.3 Å². The molecule has 0 spiro atoms. The van der Waals surface area contributed by atoms with Gasteiger partial charge in [0, 0.05) is 19.6 Å². The number of para-hydroxylation sites is 2. The Kier molecular flexibility index (Phi) is 7.31. The second kappa shape index (κ2) is 11.0. The van der Waals surface area contributed by atoms with E-state index in [1.54, 1.807) is 14.7 Å². The first-order chi connectivity index (χ1) is 18.5. The maximum atomic E-state index is 14.1. The van der Waals surface area contributed by atoms with Crippen molar-refractivity contribution in [2.75, 3.05) is 18.0 Å². The first-order valence-corrected chi connectivity index (χ1v) is 13.0. The van der Waals surface area contributed by atoms with Crippen molar-refractivity contribution in [3.05, 3.63) is 96.6 Å². The Bertz CT molecular complexity index is 1230. The Balaban J connectivity index is 1.44. The van der Waals surface area contributed by atoms with E-state index in [1.807, 2.05) is 97.9 Å². The molecule has 2 heterocycles. The first kappa shape index (κ1) is 25.3. The Morgan fingerprint density at radius 3 is 1.89 bits per heavy atom. The van der Waals surface area contributed by atoms with E-state index in [2.05, 4.69) is 0 Å². The molecule has 3 atom stereocenters. The van der Waals surface area contributed by atoms with Gasteiger partial charge in [0.25, 0.3) is 0 Å². The van der Waals surface area contributed by atoms with Gasteiger partial charge in [-0.15, -0.1) is 0 Å². The molecule has 2 aliphatic heterocycles. The Morgan fingerprint density at radius 2 is 1.37 bits per heavy atom. The van der Waals surface area contributed by atoms with E-state index in [-0.39, 0.29) is 18.6 Å². The third kappa shape index (κ3) is 4.81. The number of fused-ring (bicyclic) bond motifs is 2. The highest BCUT2D eigenvalue weighted by molar-refractivity contribution is 6.01. The minimum Gasteiger partial charge on any atom is -0.480 e. The van der Waals surface area contributed by atoms with Crippen LogP contribution in [0.1, 0.15) is 25.3 Å². The normalized spacial score (nSPS) is 20.2. The van der Waals surface area contributed by atoms with Gasteiger partial charge in [-0.05, 0) is 49.6 Å². The van der Waals surface area contributed by atoms with Crippen LogP contribution in [0, 0.1) is 0 Å². The average molecular weight is 513 g/mol. The highest BCUT2D eigenvalue weighted by Crippen LogP contribution is 2.37. The van der Waals surface area contributed by atoms with Gasteiger partial charge in [-0.25, -0.2) is 14.4 Å². The van der Waals surface area contributed by atoms with Gasteiger partial charge >= 0.3 is 18.0 Å². The van der Waals surface area contributed by atoms with Gasteiger partial charge in [-0.1, -0.05) is 66.7 Å². The fourth-order valence-corrected chi connectivity index (χ4v) is 5.68. The molecule has 1 N–H and O–H groups in total. The number of carboxylic acids is 1. The topological polar surface area (TPSA) is 84.4 Å². The van der Waals surface area contributed by atoms with Crippen molar-refractivity contribution < 1.29 is 19.5 Å². The van der Waals surface area contributed by atoms with Crippen molar-refractivity contribution in [3.63, 3.8) is 0 Å². The molecule has 2 saturated heterocycles. The number of aliphatic carboxylic acids is 1. The standard InChI is InChI=1S/C30H32N4O4/c1-2-31(20-22-12-6-3-7-13-22)29(37)34-25-18-19-26(34)27(28(35)36)32(21-25)30(38)33(23-14-8-4-9-15-23)24-16-10-5-11-17-24/h3-17,25-27H,2,18-21H2,1H3,(H,35,36)/t25-,26+,27-/m0/s1. The lowest BCUT2D eigenvalue weighted by atomic mass is 10.0. The lowest BCUT2D eigenvalue weighted by Gasteiger charge is -2.47. The Morgan fingerprint density at radius 1 is 0.816 bits per heavy atom. The zero-order chi connectivity index (χ0) is 26.6. The van der Waals surface area contributed by atoms with Crippen molar-refractivity contribution in [1.82, 2.24) is 14.7 Å². The zero-order valence-corrected chi connectivity index (χ0v) is 21.4. The molecule has 0 aromatic heterocycles. The van der Waals surface area contributed by atoms with Crippen LogP contribution < -0.4 is 4.90 Å². The predicted octanol–water partition coefficient (Wildman–Crippen LogP) is 5.19. The number of likely N-dealkylation sites (tertiary alicyclic amines) is 1. The van der Waals surface area contributed by atoms with Gasteiger partial charge in [-0.3, -0.25) is 4.90 Å². The fraction of sp³-hybridized carbons (Fsp3) is 0.300. The highest BCUT2D eigenvalue weighted by Gasteiger charge is 2.54. The van der Waals surface area contributed by atoms with Gasteiger partial charge in [0.1, 0.15) is 0 Å². The van der Waals surface area contributed by atoms with Crippen LogP contribution in [0.3, 0.4) is 0 Å². The molecule has 5 rings (SSSR count). The number of urea groups is 2. The molecule has 8 heteroatoms. The number of carbonyl (C=O) groups is 3. The minimum atomic E-state index is -1.14. The summed E-state index contributed by atoms with van der Waals surface area (Å²) in [6.45, 7) is 3.04. The summed E-state index contributed by atoms with van der Waals surface area (Å²) in [5.74, 6) is -1.10. The zero-order valence-electron chi connectivity index (χ0n) is 21.4. The molecule has 8 nitrogen and oxygen atoms in total. The summed E-state index contributed by atoms with van der Waals surface area (Å²) in [6, 6.07) is 25.6. The third-order valence-corrected chi connectivity index (χ3v) is 7.46. The smallest absolute Gasteiger partial charge is 0.329 e. The van der Waals surface area contributed by atoms with Crippen LogP contribution in [0.5, 0.6) is 0 Å². The molecule has 0 radical (unpaired) electrons. The molecule has 0 unspecified atom stereocenters. The van der Waals surface area contributed by atoms with Crippen LogP contribution in [0.4, 0.5) is 21.0 Å². The molecule has 4 amide bonds. The number of nitrogens with zero attached hydrogens (tertiary/aromatic N) is 4. The van der Waals surface area contributed by atoms with Crippen LogP contribution in [0.2, 0.25) is 0 Å². The van der Waals surface area contributed by atoms with Gasteiger partial charge < -0.3 is 19.8 Å². The lowest BCUT2D eigenvalue weighted by Crippen LogP contribution is -2.67. The van der Waals surface area contributed by atoms with E-state index in [0.29, 0.717) is 37.3 Å². The number of benzene rings is 3. The second-order valence-electron chi connectivity index (χ2n) is 9.71. The molecule has 3 aromatic rings. The molecule has 2 bridgehead atoms. The maximum absolute atomic E-state index is 14.1. The largest absolute Gasteiger partial charge is 0.480 e. The number of amides is 4. The summed E-state index contributed by atoms with van der Waals surface area (Å²) in [4.78, 5) is 47.0. The number of anilines is 2. The van der Waals surface area contributed by atoms with Crippen molar-refractivity contribution in [2.45, 2.75) is 44.4 Å². The molecule has 2 aliphatic rings. The van der Waals surface area contributed by atoms with Crippen molar-refractivity contribution in [3.8, 4) is 0 Å². The van der Waals surface area contributed by atoms with E-state index in [1.165, 1.54) is 4.90 Å². The van der Waals surface area contributed by atoms with Gasteiger partial charge in [0.15, 0.2) is 6.04 Å². The number of hydrogen-bond donors (Lipinski definition) is 1. The number of rotatable bonds is 6. The summed E-state index contributed by atoms with van der Waals surface area (Å²) in [5, 5.41) is 10.4. The quantitative estimate of drug-likeness (QED) is 0.493. The van der Waals surface area contributed by atoms with E-state index >= 15 is 0 Å². The molecular formula is C30H32N4O4. The summed E-state index contributed by atoms with van der Waals surface area (Å²) in [7, 11) is 0. The Hall–Kier alpha value is -4.33. The van der Waals surface area contributed by atoms with E-state index in [9.17, 15) is 19.5 Å². The average Bonchev–Trinajstić information content (AvgIpc) is 3.25. The number of piperazine rings is 1. The summed E-state index contributed by atoms with van der Waals surface area (Å²) in [6.07, 6.45) is 1.19. The molecule has 196 valence electrons. The first-order valence-electron chi connectivity index (χ1n) is 13.0. The summed E-state index contributed by atoms with van der Waals surface area (Å²) in [5.41, 5.74) is 2.32. The lowest BCUT2D eigenvalue weighted by molar-refractivity contribution is -0.145. The number of carboxylic acid groups (broad SMARTS) is 1. The van der Waals surface area contributed by atoms with Gasteiger partial charge in [-0.2, -0.15) is 0 Å². The van der Waals surface area contributed by atoms with Crippen LogP contribution in [0.25, 0.3) is 0 Å². The summed E-state index contributed by atoms with van der Waals surface area (Å²) < 4.78 is 0. The third-order valence-electron chi connectivity index (χ3n) is 7.46. The van der Waals surface area contributed by atoms with E-state index < -0.39 is 24.1 Å². The van der Waals surface area contributed by atoms with Gasteiger partial charge in [0.2, 0.25) is 0 Å². The summed E-state index contributed by atoms with van der Waals surface area (Å²) >= 11 is 0. The van der Waals surface area contributed by atoms with Crippen LogP contribution in [0.15, 0.2) is 91.0 Å². The monoisotopic (exact) mass is 512 g/mol. The fourth-order valence-electron chi connectivity index (χ4n) is 5.68. The van der Waals surface area contributed by atoms with Crippen LogP contribution in [-0.4, -0.2) is 69.1 Å². The number of carbonyl (C=O) groups excluding carboxylic acids is 2. The maximum Gasteiger partial charge on any atom is 0.329 e. The second-order valence-corrected chi connectivity index (χ2v) is 9.71. The van der Waals surface area contributed by atoms with Crippen LogP contribution >= 0.6 is 0 Å². The van der Waals surface area contributed by atoms with E-state index in [4.69, 9.17) is 0 Å². The number of hydrogen-bond acceptors (Lipinski definition) is 3. The molecule has 0 saturated carbocycles. The van der Waals surface area contributed by atoms with Gasteiger partial charge in [0.05, 0.1) is 23.5 Å².